The summed E-state index contributed by atoms with van der Waals surface area (Å²) in [6.45, 7) is 0.805. The topological polar surface area (TPSA) is 79.6 Å². The van der Waals surface area contributed by atoms with Crippen LogP contribution in [-0.2, 0) is 20.6 Å². The summed E-state index contributed by atoms with van der Waals surface area (Å²) < 4.78 is 32.0. The molecule has 2 atom stereocenters. The Hall–Kier alpha value is -0.383. The van der Waals surface area contributed by atoms with Crippen molar-refractivity contribution in [3.05, 3.63) is 23.7 Å². The predicted octanol–water partition coefficient (Wildman–Crippen LogP) is -2.69. The van der Waals surface area contributed by atoms with Gasteiger partial charge in [0.05, 0.1) is 24.2 Å². The monoisotopic (exact) mass is 235 g/mol. The third-order valence-corrected chi connectivity index (χ3v) is 3.34. The van der Waals surface area contributed by atoms with Crippen LogP contribution in [0.2, 0.25) is 0 Å². The first kappa shape index (κ1) is 13.7. The van der Waals surface area contributed by atoms with Gasteiger partial charge in [-0.05, 0) is 16.8 Å². The molecular formula is C9H8LiO5S-. The third-order valence-electron chi connectivity index (χ3n) is 2.31. The van der Waals surface area contributed by atoms with E-state index in [0.29, 0.717) is 13.2 Å². The van der Waals surface area contributed by atoms with Crippen LogP contribution in [0.4, 0.5) is 0 Å². The van der Waals surface area contributed by atoms with Crippen molar-refractivity contribution in [2.75, 3.05) is 13.2 Å². The number of rotatable bonds is 4. The standard InChI is InChI=1S/C9H9O5S.Li/c10-3-7-1-2-8(14-7)9(15(11)12)6-4-13-5-6;/h1-2,6,9H,4-5H2,(H,11,12);/q-1;+1/p-1. The minimum absolute atomic E-state index is 0. The van der Waals surface area contributed by atoms with E-state index in [-0.39, 0.29) is 36.3 Å². The SMILES string of the molecule is O=[C-]c1ccc(C(C2COC2)S(=O)[O-])o1.[Li+]. The van der Waals surface area contributed by atoms with Gasteiger partial charge in [-0.3, -0.25) is 4.21 Å². The van der Waals surface area contributed by atoms with Crippen molar-refractivity contribution < 1.29 is 41.6 Å². The Labute approximate surface area is 107 Å². The van der Waals surface area contributed by atoms with Gasteiger partial charge in [0, 0.05) is 12.2 Å². The predicted molar refractivity (Wildman–Crippen MR) is 49.5 cm³/mol. The molecule has 82 valence electrons. The molecule has 0 bridgehead atoms. The van der Waals surface area contributed by atoms with Crippen LogP contribution in [0.3, 0.4) is 0 Å². The fraction of sp³-hybridized carbons (Fsp3) is 0.444. The molecule has 1 saturated heterocycles. The summed E-state index contributed by atoms with van der Waals surface area (Å²) in [7, 11) is 0. The number of hydrogen-bond donors (Lipinski definition) is 0. The number of carbonyl (C=O) groups excluding carboxylic acids is 1. The number of ether oxygens (including phenoxy) is 1. The molecule has 0 spiro atoms. The van der Waals surface area contributed by atoms with Crippen LogP contribution in [0.25, 0.3) is 0 Å². The molecule has 1 aromatic rings. The first-order chi connectivity index (χ1) is 7.22. The second-order valence-electron chi connectivity index (χ2n) is 3.28. The third kappa shape index (κ3) is 2.65. The number of hydrogen-bond acceptors (Lipinski definition) is 5. The van der Waals surface area contributed by atoms with E-state index in [0.717, 1.165) is 0 Å². The molecule has 7 heteroatoms. The van der Waals surface area contributed by atoms with Crippen molar-refractivity contribution in [1.29, 1.82) is 0 Å². The molecule has 0 amide bonds. The second kappa shape index (κ2) is 5.80. The molecule has 5 nitrogen and oxygen atoms in total. The zero-order valence-corrected chi connectivity index (χ0v) is 9.49. The van der Waals surface area contributed by atoms with Crippen LogP contribution in [0, 0.1) is 5.92 Å². The Bertz CT molecular complexity index is 387. The average molecular weight is 235 g/mol. The van der Waals surface area contributed by atoms with Gasteiger partial charge in [-0.1, -0.05) is 0 Å². The molecule has 0 aromatic carbocycles. The summed E-state index contributed by atoms with van der Waals surface area (Å²) in [4.78, 5) is 10.3. The fourth-order valence-electron chi connectivity index (χ4n) is 1.47. The van der Waals surface area contributed by atoms with Gasteiger partial charge in [-0.25, -0.2) is 0 Å². The second-order valence-corrected chi connectivity index (χ2v) is 4.31. The smallest absolute Gasteiger partial charge is 0.772 e. The van der Waals surface area contributed by atoms with Gasteiger partial charge in [0.15, 0.2) is 0 Å². The zero-order chi connectivity index (χ0) is 10.8. The molecule has 2 unspecified atom stereocenters. The van der Waals surface area contributed by atoms with E-state index in [1.54, 1.807) is 6.29 Å². The summed E-state index contributed by atoms with van der Waals surface area (Å²) in [5.41, 5.74) is 0. The summed E-state index contributed by atoms with van der Waals surface area (Å²) >= 11 is -2.28. The van der Waals surface area contributed by atoms with Crippen LogP contribution in [-0.4, -0.2) is 28.3 Å². The maximum Gasteiger partial charge on any atom is 1.00 e. The Morgan fingerprint density at radius 2 is 2.19 bits per heavy atom. The fourth-order valence-corrected chi connectivity index (χ4v) is 2.26. The summed E-state index contributed by atoms with van der Waals surface area (Å²) in [5, 5.41) is -0.735. The van der Waals surface area contributed by atoms with Crippen molar-refractivity contribution in [2.24, 2.45) is 5.92 Å². The molecule has 0 radical (unpaired) electrons. The summed E-state index contributed by atoms with van der Waals surface area (Å²) in [6, 6.07) is 2.89. The maximum absolute atomic E-state index is 11.0. The maximum atomic E-state index is 11.0. The normalized spacial score (nSPS) is 19.3. The van der Waals surface area contributed by atoms with Gasteiger partial charge in [-0.2, -0.15) is 6.07 Å². The van der Waals surface area contributed by atoms with Crippen molar-refractivity contribution in [3.8, 4) is 0 Å². The van der Waals surface area contributed by atoms with Gasteiger partial charge < -0.3 is 18.5 Å². The van der Waals surface area contributed by atoms with E-state index in [1.807, 2.05) is 0 Å². The summed E-state index contributed by atoms with van der Waals surface area (Å²) in [5.74, 6) is 0.199. The van der Waals surface area contributed by atoms with Gasteiger partial charge in [-0.15, -0.1) is 6.07 Å². The molecule has 2 rings (SSSR count). The van der Waals surface area contributed by atoms with E-state index in [9.17, 15) is 13.6 Å². The molecule has 1 aliphatic heterocycles. The van der Waals surface area contributed by atoms with Crippen LogP contribution in [0.1, 0.15) is 16.8 Å². The summed E-state index contributed by atoms with van der Waals surface area (Å²) in [6.07, 6.45) is 1.57. The molecule has 0 aliphatic carbocycles. The van der Waals surface area contributed by atoms with E-state index in [1.165, 1.54) is 12.1 Å². The van der Waals surface area contributed by atoms with Crippen molar-refractivity contribution in [1.82, 2.24) is 0 Å². The van der Waals surface area contributed by atoms with Gasteiger partial charge in [0.2, 0.25) is 0 Å². The Balaban J connectivity index is 0.00000128. The van der Waals surface area contributed by atoms with Crippen LogP contribution >= 0.6 is 0 Å². The number of furan rings is 1. The minimum Gasteiger partial charge on any atom is -0.772 e. The first-order valence-electron chi connectivity index (χ1n) is 4.36. The van der Waals surface area contributed by atoms with Crippen molar-refractivity contribution in [2.45, 2.75) is 5.25 Å². The minimum atomic E-state index is -2.28. The average Bonchev–Trinajstić information content (AvgIpc) is 2.58. The zero-order valence-electron chi connectivity index (χ0n) is 8.67. The molecular weight excluding hydrogens is 227 g/mol. The molecule has 0 saturated carbocycles. The Kier molecular flexibility index (Phi) is 4.96. The van der Waals surface area contributed by atoms with Crippen LogP contribution in [0.15, 0.2) is 16.5 Å². The van der Waals surface area contributed by atoms with Crippen LogP contribution in [0.5, 0.6) is 0 Å². The van der Waals surface area contributed by atoms with Gasteiger partial charge in [0.25, 0.3) is 0 Å². The molecule has 2 heterocycles. The molecule has 1 aliphatic rings. The Morgan fingerprint density at radius 3 is 2.56 bits per heavy atom. The first-order valence-corrected chi connectivity index (χ1v) is 5.50. The Morgan fingerprint density at radius 1 is 1.50 bits per heavy atom. The van der Waals surface area contributed by atoms with E-state index in [4.69, 9.17) is 9.15 Å². The van der Waals surface area contributed by atoms with Gasteiger partial charge in [0.1, 0.15) is 0 Å². The van der Waals surface area contributed by atoms with Crippen molar-refractivity contribution in [3.63, 3.8) is 0 Å². The van der Waals surface area contributed by atoms with Crippen molar-refractivity contribution >= 4 is 17.4 Å². The van der Waals surface area contributed by atoms with E-state index < -0.39 is 16.3 Å². The molecule has 1 fully saturated rings. The molecule has 0 N–H and O–H groups in total. The quantitative estimate of drug-likeness (QED) is 0.322. The molecule has 1 aromatic heterocycles. The van der Waals surface area contributed by atoms with E-state index >= 15 is 0 Å². The van der Waals surface area contributed by atoms with Gasteiger partial charge >= 0.3 is 18.9 Å². The largest absolute Gasteiger partial charge is 1.00 e. The van der Waals surface area contributed by atoms with Crippen LogP contribution < -0.4 is 18.9 Å². The van der Waals surface area contributed by atoms with E-state index in [2.05, 4.69) is 0 Å². The molecule has 16 heavy (non-hydrogen) atoms.